The van der Waals surface area contributed by atoms with Crippen LogP contribution in [-0.4, -0.2) is 32.1 Å². The monoisotopic (exact) mass is 322 g/mol. The quantitative estimate of drug-likeness (QED) is 0.757. The van der Waals surface area contributed by atoms with E-state index in [1.807, 2.05) is 13.8 Å². The maximum atomic E-state index is 12.5. The zero-order valence-electron chi connectivity index (χ0n) is 14.6. The Morgan fingerprint density at radius 2 is 1.83 bits per heavy atom. The molecule has 6 heteroatoms. The number of rotatable bonds is 7. The molecular weight excluding hydrogens is 296 g/mol. The van der Waals surface area contributed by atoms with Crippen LogP contribution >= 0.6 is 0 Å². The van der Waals surface area contributed by atoms with Gasteiger partial charge < -0.3 is 20.1 Å². The Hall–Kier alpha value is -2.24. The van der Waals surface area contributed by atoms with Gasteiger partial charge in [-0.25, -0.2) is 0 Å². The predicted molar refractivity (Wildman–Crippen MR) is 89.9 cm³/mol. The molecule has 1 rings (SSSR count). The molecule has 0 aliphatic heterocycles. The molecule has 23 heavy (non-hydrogen) atoms. The summed E-state index contributed by atoms with van der Waals surface area (Å²) >= 11 is 0. The molecule has 1 unspecified atom stereocenters. The SMILES string of the molecule is CCC(C)NC(=O)C(C)(C)C(=O)Nc1ccc(OC)cc1OC. The maximum absolute atomic E-state index is 12.5. The number of anilines is 1. The van der Waals surface area contributed by atoms with E-state index in [9.17, 15) is 9.59 Å². The average molecular weight is 322 g/mol. The van der Waals surface area contributed by atoms with Crippen molar-refractivity contribution in [3.63, 3.8) is 0 Å². The second-order valence-corrected chi connectivity index (χ2v) is 5.93. The average Bonchev–Trinajstić information content (AvgIpc) is 2.54. The van der Waals surface area contributed by atoms with Crippen molar-refractivity contribution in [1.29, 1.82) is 0 Å². The van der Waals surface area contributed by atoms with Gasteiger partial charge in [0.1, 0.15) is 16.9 Å². The van der Waals surface area contributed by atoms with Gasteiger partial charge in [0.15, 0.2) is 0 Å². The number of nitrogens with one attached hydrogen (secondary N) is 2. The van der Waals surface area contributed by atoms with Gasteiger partial charge >= 0.3 is 0 Å². The first-order chi connectivity index (χ1) is 10.8. The molecule has 0 aliphatic rings. The smallest absolute Gasteiger partial charge is 0.239 e. The molecule has 0 saturated heterocycles. The Labute approximate surface area is 137 Å². The largest absolute Gasteiger partial charge is 0.497 e. The number of hydrogen-bond acceptors (Lipinski definition) is 4. The lowest BCUT2D eigenvalue weighted by atomic mass is 9.90. The number of benzene rings is 1. The molecule has 0 bridgehead atoms. The molecule has 0 heterocycles. The van der Waals surface area contributed by atoms with E-state index in [0.29, 0.717) is 17.2 Å². The zero-order chi connectivity index (χ0) is 17.6. The van der Waals surface area contributed by atoms with E-state index >= 15 is 0 Å². The molecule has 1 aromatic carbocycles. The minimum Gasteiger partial charge on any atom is -0.497 e. The van der Waals surface area contributed by atoms with Crippen LogP contribution in [0.2, 0.25) is 0 Å². The minimum absolute atomic E-state index is 0.0186. The summed E-state index contributed by atoms with van der Waals surface area (Å²) in [5, 5.41) is 5.58. The number of carbonyl (C=O) groups is 2. The number of hydrogen-bond donors (Lipinski definition) is 2. The van der Waals surface area contributed by atoms with Gasteiger partial charge in [-0.05, 0) is 39.3 Å². The van der Waals surface area contributed by atoms with Gasteiger partial charge in [0, 0.05) is 12.1 Å². The Morgan fingerprint density at radius 3 is 2.35 bits per heavy atom. The van der Waals surface area contributed by atoms with Gasteiger partial charge in [-0.15, -0.1) is 0 Å². The van der Waals surface area contributed by atoms with Crippen LogP contribution in [0, 0.1) is 5.41 Å². The molecule has 0 radical (unpaired) electrons. The van der Waals surface area contributed by atoms with Crippen LogP contribution in [0.5, 0.6) is 11.5 Å². The van der Waals surface area contributed by atoms with Gasteiger partial charge in [-0.3, -0.25) is 9.59 Å². The Kier molecular flexibility index (Phi) is 6.42. The van der Waals surface area contributed by atoms with Crippen molar-refractivity contribution in [3.05, 3.63) is 18.2 Å². The summed E-state index contributed by atoms with van der Waals surface area (Å²) in [7, 11) is 3.06. The molecule has 0 aliphatic carbocycles. The van der Waals surface area contributed by atoms with Gasteiger partial charge in [0.05, 0.1) is 19.9 Å². The zero-order valence-corrected chi connectivity index (χ0v) is 14.6. The normalized spacial score (nSPS) is 12.3. The molecule has 0 aromatic heterocycles. The highest BCUT2D eigenvalue weighted by atomic mass is 16.5. The van der Waals surface area contributed by atoms with Crippen molar-refractivity contribution < 1.29 is 19.1 Å². The Morgan fingerprint density at radius 1 is 1.17 bits per heavy atom. The third kappa shape index (κ3) is 4.61. The van der Waals surface area contributed by atoms with Crippen LogP contribution in [0.15, 0.2) is 18.2 Å². The summed E-state index contributed by atoms with van der Waals surface area (Å²) < 4.78 is 10.4. The molecule has 6 nitrogen and oxygen atoms in total. The van der Waals surface area contributed by atoms with Crippen LogP contribution in [0.4, 0.5) is 5.69 Å². The van der Waals surface area contributed by atoms with Crippen LogP contribution in [0.1, 0.15) is 34.1 Å². The lowest BCUT2D eigenvalue weighted by Gasteiger charge is -2.25. The second-order valence-electron chi connectivity index (χ2n) is 5.93. The summed E-state index contributed by atoms with van der Waals surface area (Å²) in [5.41, 5.74) is -0.711. The summed E-state index contributed by atoms with van der Waals surface area (Å²) in [6.45, 7) is 7.06. The molecule has 1 aromatic rings. The van der Waals surface area contributed by atoms with Gasteiger partial charge in [0.25, 0.3) is 0 Å². The first-order valence-electron chi connectivity index (χ1n) is 7.60. The summed E-state index contributed by atoms with van der Waals surface area (Å²) in [6, 6.07) is 5.08. The van der Waals surface area contributed by atoms with E-state index in [4.69, 9.17) is 9.47 Å². The van der Waals surface area contributed by atoms with E-state index in [-0.39, 0.29) is 11.9 Å². The Balaban J connectivity index is 2.91. The van der Waals surface area contributed by atoms with Crippen molar-refractivity contribution in [2.75, 3.05) is 19.5 Å². The highest BCUT2D eigenvalue weighted by Crippen LogP contribution is 2.30. The molecule has 2 amide bonds. The van der Waals surface area contributed by atoms with E-state index in [0.717, 1.165) is 6.42 Å². The van der Waals surface area contributed by atoms with E-state index in [1.54, 1.807) is 39.2 Å². The van der Waals surface area contributed by atoms with Crippen molar-refractivity contribution in [3.8, 4) is 11.5 Å². The number of ether oxygens (including phenoxy) is 2. The van der Waals surface area contributed by atoms with Crippen molar-refractivity contribution >= 4 is 17.5 Å². The molecule has 0 fully saturated rings. The third-order valence-electron chi connectivity index (χ3n) is 3.78. The fourth-order valence-electron chi connectivity index (χ4n) is 1.79. The minimum atomic E-state index is -1.20. The molecular formula is C17H26N2O4. The van der Waals surface area contributed by atoms with Crippen LogP contribution in [-0.2, 0) is 9.59 Å². The van der Waals surface area contributed by atoms with Crippen LogP contribution < -0.4 is 20.1 Å². The first-order valence-corrected chi connectivity index (χ1v) is 7.60. The molecule has 2 N–H and O–H groups in total. The lowest BCUT2D eigenvalue weighted by molar-refractivity contribution is -0.138. The van der Waals surface area contributed by atoms with Crippen molar-refractivity contribution in [2.45, 2.75) is 40.2 Å². The highest BCUT2D eigenvalue weighted by molar-refractivity contribution is 6.10. The van der Waals surface area contributed by atoms with Crippen molar-refractivity contribution in [1.82, 2.24) is 5.32 Å². The van der Waals surface area contributed by atoms with E-state index in [2.05, 4.69) is 10.6 Å². The first kappa shape index (κ1) is 18.8. The summed E-state index contributed by atoms with van der Waals surface area (Å²) in [6.07, 6.45) is 0.801. The topological polar surface area (TPSA) is 76.7 Å². The fourth-order valence-corrected chi connectivity index (χ4v) is 1.79. The standard InChI is InChI=1S/C17H26N2O4/c1-7-11(2)18-15(20)17(3,4)16(21)19-13-9-8-12(22-5)10-14(13)23-6/h8-11H,7H2,1-6H3,(H,18,20)(H,19,21). The molecule has 1 atom stereocenters. The summed E-state index contributed by atoms with van der Waals surface area (Å²) in [5.74, 6) is 0.378. The second kappa shape index (κ2) is 7.85. The molecule has 0 saturated carbocycles. The van der Waals surface area contributed by atoms with E-state index < -0.39 is 11.3 Å². The number of methoxy groups -OCH3 is 2. The maximum Gasteiger partial charge on any atom is 0.239 e. The highest BCUT2D eigenvalue weighted by Gasteiger charge is 2.36. The van der Waals surface area contributed by atoms with Gasteiger partial charge in [-0.2, -0.15) is 0 Å². The van der Waals surface area contributed by atoms with Crippen LogP contribution in [0.3, 0.4) is 0 Å². The van der Waals surface area contributed by atoms with E-state index in [1.165, 1.54) is 7.11 Å². The Bertz CT molecular complexity index is 570. The van der Waals surface area contributed by atoms with Crippen molar-refractivity contribution in [2.24, 2.45) is 5.41 Å². The van der Waals surface area contributed by atoms with Gasteiger partial charge in [0.2, 0.25) is 11.8 Å². The number of amides is 2. The fraction of sp³-hybridized carbons (Fsp3) is 0.529. The predicted octanol–water partition coefficient (Wildman–Crippen LogP) is 2.58. The van der Waals surface area contributed by atoms with Crippen LogP contribution in [0.25, 0.3) is 0 Å². The molecule has 128 valence electrons. The lowest BCUT2D eigenvalue weighted by Crippen LogP contribution is -2.47. The third-order valence-corrected chi connectivity index (χ3v) is 3.78. The molecule has 0 spiro atoms. The number of carbonyl (C=O) groups excluding carboxylic acids is 2. The van der Waals surface area contributed by atoms with Gasteiger partial charge in [-0.1, -0.05) is 6.92 Å². The summed E-state index contributed by atoms with van der Waals surface area (Å²) in [4.78, 5) is 24.8.